The van der Waals surface area contributed by atoms with Crippen LogP contribution >= 0.6 is 12.4 Å². The number of hydrogen-bond acceptors (Lipinski definition) is 5. The second-order valence-corrected chi connectivity index (χ2v) is 8.50. The number of hydrogen-bond donors (Lipinski definition) is 3. The Morgan fingerprint density at radius 1 is 1.28 bits per heavy atom. The fourth-order valence-corrected chi connectivity index (χ4v) is 3.46. The standard InChI is InChI=1S/C16H25N3O4S.ClH/c1-5-23-13-10-16(17,15(13,2)3)14(20)18-11-6-8-12(9-7-11)19-24(4,21)22;/h6-9,13,19H,5,10,17H2,1-4H3,(H,18,20);1H. The van der Waals surface area contributed by atoms with Crippen molar-refractivity contribution in [2.45, 2.75) is 38.8 Å². The number of ether oxygens (including phenoxy) is 1. The first kappa shape index (κ1) is 21.7. The molecule has 0 saturated heterocycles. The maximum Gasteiger partial charge on any atom is 0.245 e. The first-order valence-corrected chi connectivity index (χ1v) is 9.68. The third-order valence-corrected chi connectivity index (χ3v) is 5.29. The zero-order valence-electron chi connectivity index (χ0n) is 14.8. The van der Waals surface area contributed by atoms with E-state index in [0.717, 1.165) is 6.26 Å². The molecule has 7 nitrogen and oxygen atoms in total. The Morgan fingerprint density at radius 3 is 2.24 bits per heavy atom. The van der Waals surface area contributed by atoms with Crippen LogP contribution in [0.5, 0.6) is 0 Å². The third kappa shape index (κ3) is 4.44. The molecule has 4 N–H and O–H groups in total. The van der Waals surface area contributed by atoms with Gasteiger partial charge in [-0.2, -0.15) is 0 Å². The van der Waals surface area contributed by atoms with E-state index in [1.54, 1.807) is 24.3 Å². The molecule has 2 atom stereocenters. The van der Waals surface area contributed by atoms with Crippen molar-refractivity contribution in [2.75, 3.05) is 22.9 Å². The molecule has 1 aromatic rings. The molecule has 1 fully saturated rings. The minimum atomic E-state index is -3.33. The lowest BCUT2D eigenvalue weighted by Crippen LogP contribution is -2.74. The monoisotopic (exact) mass is 391 g/mol. The molecule has 0 radical (unpaired) electrons. The molecule has 2 unspecified atom stereocenters. The molecule has 1 amide bonds. The van der Waals surface area contributed by atoms with Gasteiger partial charge in [0.15, 0.2) is 0 Å². The Kier molecular flexibility index (Phi) is 6.50. The summed E-state index contributed by atoms with van der Waals surface area (Å²) in [6.45, 7) is 6.35. The van der Waals surface area contributed by atoms with Gasteiger partial charge in [0.25, 0.3) is 0 Å². The fraction of sp³-hybridized carbons (Fsp3) is 0.562. The summed E-state index contributed by atoms with van der Waals surface area (Å²) in [5.41, 5.74) is 5.84. The Labute approximate surface area is 155 Å². The molecule has 0 aromatic heterocycles. The number of carbonyl (C=O) groups is 1. The molecule has 0 heterocycles. The van der Waals surface area contributed by atoms with Gasteiger partial charge in [0.2, 0.25) is 15.9 Å². The highest BCUT2D eigenvalue weighted by molar-refractivity contribution is 7.92. The lowest BCUT2D eigenvalue weighted by atomic mass is 9.54. The Morgan fingerprint density at radius 2 is 1.80 bits per heavy atom. The molecule has 1 aliphatic rings. The summed E-state index contributed by atoms with van der Waals surface area (Å²) >= 11 is 0. The zero-order chi connectivity index (χ0) is 18.2. The predicted octanol–water partition coefficient (Wildman–Crippen LogP) is 1.95. The first-order chi connectivity index (χ1) is 11.0. The smallest absolute Gasteiger partial charge is 0.245 e. The van der Waals surface area contributed by atoms with Crippen LogP contribution in [0.15, 0.2) is 24.3 Å². The number of amides is 1. The van der Waals surface area contributed by atoms with E-state index in [9.17, 15) is 13.2 Å². The van der Waals surface area contributed by atoms with Crippen molar-refractivity contribution >= 4 is 39.7 Å². The summed E-state index contributed by atoms with van der Waals surface area (Å²) in [6, 6.07) is 6.41. The van der Waals surface area contributed by atoms with Crippen LogP contribution in [-0.2, 0) is 19.6 Å². The molecule has 1 aliphatic carbocycles. The van der Waals surface area contributed by atoms with E-state index in [1.807, 2.05) is 20.8 Å². The number of carbonyl (C=O) groups excluding carboxylic acids is 1. The van der Waals surface area contributed by atoms with Crippen LogP contribution < -0.4 is 15.8 Å². The lowest BCUT2D eigenvalue weighted by Gasteiger charge is -2.57. The third-order valence-electron chi connectivity index (χ3n) is 4.68. The van der Waals surface area contributed by atoms with Crippen molar-refractivity contribution in [3.05, 3.63) is 24.3 Å². The molecule has 1 aromatic carbocycles. The maximum absolute atomic E-state index is 12.6. The van der Waals surface area contributed by atoms with Crippen LogP contribution in [0.25, 0.3) is 0 Å². The summed E-state index contributed by atoms with van der Waals surface area (Å²) < 4.78 is 30.4. The van der Waals surface area contributed by atoms with Crippen LogP contribution in [0.2, 0.25) is 0 Å². The van der Waals surface area contributed by atoms with E-state index in [-0.39, 0.29) is 24.4 Å². The van der Waals surface area contributed by atoms with Gasteiger partial charge in [0.05, 0.1) is 12.4 Å². The maximum atomic E-state index is 12.6. The predicted molar refractivity (Wildman–Crippen MR) is 102 cm³/mol. The molecule has 0 bridgehead atoms. The van der Waals surface area contributed by atoms with Gasteiger partial charge in [-0.1, -0.05) is 13.8 Å². The highest BCUT2D eigenvalue weighted by Crippen LogP contribution is 2.50. The normalized spacial score (nSPS) is 24.6. The average molecular weight is 392 g/mol. The number of nitrogens with one attached hydrogen (secondary N) is 2. The summed E-state index contributed by atoms with van der Waals surface area (Å²) in [5, 5.41) is 2.80. The highest BCUT2D eigenvalue weighted by atomic mass is 35.5. The number of rotatable bonds is 6. The van der Waals surface area contributed by atoms with Gasteiger partial charge in [-0.15, -0.1) is 12.4 Å². The number of halogens is 1. The van der Waals surface area contributed by atoms with Crippen LogP contribution in [0.1, 0.15) is 27.2 Å². The van der Waals surface area contributed by atoms with E-state index in [0.29, 0.717) is 24.4 Å². The van der Waals surface area contributed by atoms with Crippen LogP contribution in [0.3, 0.4) is 0 Å². The van der Waals surface area contributed by atoms with Gasteiger partial charge < -0.3 is 15.8 Å². The van der Waals surface area contributed by atoms with Gasteiger partial charge in [-0.3, -0.25) is 9.52 Å². The molecule has 0 aliphatic heterocycles. The van der Waals surface area contributed by atoms with Crippen molar-refractivity contribution in [3.8, 4) is 0 Å². The van der Waals surface area contributed by atoms with E-state index < -0.39 is 21.0 Å². The van der Waals surface area contributed by atoms with E-state index >= 15 is 0 Å². The molecular formula is C16H26ClN3O4S. The molecule has 25 heavy (non-hydrogen) atoms. The Bertz CT molecular complexity index is 721. The van der Waals surface area contributed by atoms with Crippen LogP contribution in [-0.4, -0.2) is 38.8 Å². The largest absolute Gasteiger partial charge is 0.378 e. The topological polar surface area (TPSA) is 111 Å². The van der Waals surface area contributed by atoms with Gasteiger partial charge in [0, 0.05) is 29.8 Å². The summed E-state index contributed by atoms with van der Waals surface area (Å²) in [7, 11) is -3.33. The second kappa shape index (κ2) is 7.49. The van der Waals surface area contributed by atoms with Gasteiger partial charge in [0.1, 0.15) is 5.54 Å². The minimum Gasteiger partial charge on any atom is -0.378 e. The number of benzene rings is 1. The quantitative estimate of drug-likeness (QED) is 0.686. The molecule has 1 saturated carbocycles. The summed E-state index contributed by atoms with van der Waals surface area (Å²) in [5.74, 6) is -0.271. The van der Waals surface area contributed by atoms with E-state index in [2.05, 4.69) is 10.0 Å². The summed E-state index contributed by atoms with van der Waals surface area (Å²) in [6.07, 6.45) is 1.50. The average Bonchev–Trinajstić information content (AvgIpc) is 2.47. The van der Waals surface area contributed by atoms with Gasteiger partial charge in [-0.05, 0) is 31.2 Å². The minimum absolute atomic E-state index is 0. The van der Waals surface area contributed by atoms with Crippen molar-refractivity contribution in [1.82, 2.24) is 0 Å². The highest BCUT2D eigenvalue weighted by Gasteiger charge is 2.62. The molecular weight excluding hydrogens is 366 g/mol. The fourth-order valence-electron chi connectivity index (χ4n) is 2.90. The Balaban J connectivity index is 0.00000312. The van der Waals surface area contributed by atoms with E-state index in [1.165, 1.54) is 0 Å². The van der Waals surface area contributed by atoms with Crippen molar-refractivity contribution in [3.63, 3.8) is 0 Å². The van der Waals surface area contributed by atoms with Gasteiger partial charge in [-0.25, -0.2) is 8.42 Å². The number of sulfonamides is 1. The summed E-state index contributed by atoms with van der Waals surface area (Å²) in [4.78, 5) is 12.6. The van der Waals surface area contributed by atoms with Crippen molar-refractivity contribution < 1.29 is 17.9 Å². The molecule has 2 rings (SSSR count). The first-order valence-electron chi connectivity index (χ1n) is 7.79. The molecule has 0 spiro atoms. The zero-order valence-corrected chi connectivity index (χ0v) is 16.5. The number of anilines is 2. The molecule has 142 valence electrons. The van der Waals surface area contributed by atoms with Crippen LogP contribution in [0.4, 0.5) is 11.4 Å². The SMILES string of the molecule is CCOC1CC(N)(C(=O)Nc2ccc(NS(C)(=O)=O)cc2)C1(C)C.Cl. The van der Waals surface area contributed by atoms with Crippen LogP contribution in [0, 0.1) is 5.41 Å². The lowest BCUT2D eigenvalue weighted by molar-refractivity contribution is -0.166. The second-order valence-electron chi connectivity index (χ2n) is 6.75. The van der Waals surface area contributed by atoms with Crippen molar-refractivity contribution in [2.24, 2.45) is 11.1 Å². The Hall–Kier alpha value is -1.35. The molecule has 9 heteroatoms. The number of nitrogens with two attached hydrogens (primary N) is 1. The van der Waals surface area contributed by atoms with E-state index in [4.69, 9.17) is 10.5 Å². The van der Waals surface area contributed by atoms with Crippen molar-refractivity contribution in [1.29, 1.82) is 0 Å². The van der Waals surface area contributed by atoms with Gasteiger partial charge >= 0.3 is 0 Å².